The Morgan fingerprint density at radius 3 is 2.57 bits per heavy atom. The van der Waals surface area contributed by atoms with Gasteiger partial charge in [-0.1, -0.05) is 16.9 Å². The van der Waals surface area contributed by atoms with Crippen LogP contribution in [0.15, 0.2) is 46.1 Å². The highest BCUT2D eigenvalue weighted by Crippen LogP contribution is 2.41. The topological polar surface area (TPSA) is 177 Å². The molecule has 2 aromatic rings. The number of ether oxygens (including phenoxy) is 3. The van der Waals surface area contributed by atoms with Gasteiger partial charge in [-0.05, 0) is 60.0 Å². The van der Waals surface area contributed by atoms with Gasteiger partial charge in [-0.2, -0.15) is 4.98 Å². The van der Waals surface area contributed by atoms with Crippen LogP contribution in [0, 0.1) is 0 Å². The van der Waals surface area contributed by atoms with Gasteiger partial charge in [-0.25, -0.2) is 14.0 Å². The number of aliphatic hydroxyl groups is 1. The van der Waals surface area contributed by atoms with Crippen LogP contribution >= 0.6 is 8.17 Å². The fraction of sp³-hybridized carbons (Fsp3) is 0.538. The van der Waals surface area contributed by atoms with E-state index in [0.29, 0.717) is 0 Å². The zero-order valence-corrected chi connectivity index (χ0v) is 25.0. The third kappa shape index (κ3) is 8.52. The van der Waals surface area contributed by atoms with Crippen LogP contribution in [-0.4, -0.2) is 88.7 Å². The minimum atomic E-state index is -2.69. The zero-order valence-electron chi connectivity index (χ0n) is 24.1. The molecule has 2 heterocycles. The van der Waals surface area contributed by atoms with Crippen molar-refractivity contribution < 1.29 is 42.7 Å². The standard InChI is InChI=1S/C26H35FN5O9P/c1-15(2)39-23(35)16(3)30-42(37)41-18-10-8-7-9-17(18)38-14-19-22(34)26(4,27)24(40-19)32-12-11-20(29-25(32)36)28-21(33)13-31(5)6/h7-12,15-16,19,22,24,34H,13-14H2,1-6H3,(H,28,29,33,36)/t16-,19-,22-,24-,26-/m1/s1. The van der Waals surface area contributed by atoms with E-state index >= 15 is 4.39 Å². The first-order valence-electron chi connectivity index (χ1n) is 13.0. The molecule has 0 saturated carbocycles. The van der Waals surface area contributed by atoms with E-state index in [9.17, 15) is 24.4 Å². The summed E-state index contributed by atoms with van der Waals surface area (Å²) in [7, 11) is 0.716. The third-order valence-corrected chi connectivity index (χ3v) is 6.80. The molecular weight excluding hydrogens is 576 g/mol. The molecule has 0 radical (unpaired) electrons. The summed E-state index contributed by atoms with van der Waals surface area (Å²) in [5.41, 5.74) is -3.33. The van der Waals surface area contributed by atoms with E-state index < -0.39 is 55.9 Å². The van der Waals surface area contributed by atoms with Crippen LogP contribution in [0.2, 0.25) is 0 Å². The zero-order chi connectivity index (χ0) is 31.2. The molecule has 42 heavy (non-hydrogen) atoms. The quantitative estimate of drug-likeness (QED) is 0.262. The molecular formula is C26H35FN5O9P. The Labute approximate surface area is 243 Å². The highest BCUT2D eigenvalue weighted by Gasteiger charge is 2.55. The fourth-order valence-electron chi connectivity index (χ4n) is 3.92. The molecule has 0 aliphatic carbocycles. The number of hydrogen-bond acceptors (Lipinski definition) is 12. The molecule has 0 bridgehead atoms. The predicted molar refractivity (Wildman–Crippen MR) is 148 cm³/mol. The molecule has 1 aromatic heterocycles. The lowest BCUT2D eigenvalue weighted by atomic mass is 9.98. The molecule has 230 valence electrons. The van der Waals surface area contributed by atoms with E-state index in [0.717, 1.165) is 11.5 Å². The van der Waals surface area contributed by atoms with Crippen molar-refractivity contribution in [1.29, 1.82) is 0 Å². The number of para-hydroxylation sites is 2. The van der Waals surface area contributed by atoms with Crippen molar-refractivity contribution in [3.63, 3.8) is 0 Å². The van der Waals surface area contributed by atoms with Crippen molar-refractivity contribution in [2.45, 2.75) is 63.9 Å². The molecule has 1 aliphatic rings. The summed E-state index contributed by atoms with van der Waals surface area (Å²) in [5, 5.41) is 13.2. The SMILES string of the molecule is CC(C)OC(=O)[C@@H](C)N=[P+]([O-])Oc1ccccc1OC[C@H]1O[C@@H](n2ccc(NC(=O)CN(C)C)nc2=O)[C@](C)(F)[C@@H]1O. The number of alkyl halides is 1. The van der Waals surface area contributed by atoms with Crippen molar-refractivity contribution in [3.8, 4) is 11.5 Å². The van der Waals surface area contributed by atoms with Gasteiger partial charge in [0.15, 0.2) is 23.7 Å². The number of halogens is 1. The van der Waals surface area contributed by atoms with Gasteiger partial charge in [0, 0.05) is 6.20 Å². The van der Waals surface area contributed by atoms with Gasteiger partial charge >= 0.3 is 19.8 Å². The normalized spacial score (nSPS) is 23.1. The Bertz CT molecular complexity index is 1350. The van der Waals surface area contributed by atoms with Crippen molar-refractivity contribution in [2.75, 3.05) is 32.6 Å². The lowest BCUT2D eigenvalue weighted by Crippen LogP contribution is -2.43. The number of hydrogen-bond donors (Lipinski definition) is 2. The summed E-state index contributed by atoms with van der Waals surface area (Å²) in [5.74, 6) is -0.961. The Kier molecular flexibility index (Phi) is 11.1. The highest BCUT2D eigenvalue weighted by atomic mass is 31.1. The largest absolute Gasteiger partial charge is 0.575 e. The maximum Gasteiger partial charge on any atom is 0.395 e. The number of nitrogens with zero attached hydrogens (tertiary/aromatic N) is 4. The highest BCUT2D eigenvalue weighted by molar-refractivity contribution is 7.34. The molecule has 14 nitrogen and oxygen atoms in total. The monoisotopic (exact) mass is 611 g/mol. The number of benzene rings is 1. The Balaban J connectivity index is 1.69. The Morgan fingerprint density at radius 2 is 1.95 bits per heavy atom. The van der Waals surface area contributed by atoms with Crippen LogP contribution in [-0.2, 0) is 19.1 Å². The van der Waals surface area contributed by atoms with Gasteiger partial charge in [-0.3, -0.25) is 13.9 Å². The molecule has 2 N–H and O–H groups in total. The second-order valence-corrected chi connectivity index (χ2v) is 11.2. The number of likely N-dealkylation sites (N-methyl/N-ethyl adjacent to an activating group) is 1. The third-order valence-electron chi connectivity index (χ3n) is 5.92. The second kappa shape index (κ2) is 14.1. The van der Waals surface area contributed by atoms with Gasteiger partial charge < -0.3 is 34.4 Å². The number of carbonyl (C=O) groups excluding carboxylic acids is 2. The van der Waals surface area contributed by atoms with Crippen LogP contribution in [0.3, 0.4) is 0 Å². The number of carbonyl (C=O) groups is 2. The fourth-order valence-corrected chi connectivity index (χ4v) is 4.67. The second-order valence-electron chi connectivity index (χ2n) is 10.3. The number of amides is 1. The van der Waals surface area contributed by atoms with Crippen LogP contribution < -0.4 is 25.2 Å². The molecule has 1 saturated heterocycles. The first kappa shape index (κ1) is 33.0. The van der Waals surface area contributed by atoms with E-state index in [1.165, 1.54) is 31.3 Å². The number of anilines is 1. The summed E-state index contributed by atoms with van der Waals surface area (Å²) in [6, 6.07) is 6.41. The van der Waals surface area contributed by atoms with Crippen molar-refractivity contribution in [1.82, 2.24) is 14.5 Å². The average Bonchev–Trinajstić information content (AvgIpc) is 3.10. The van der Waals surface area contributed by atoms with E-state index in [1.54, 1.807) is 45.0 Å². The lowest BCUT2D eigenvalue weighted by molar-refractivity contribution is -0.170. The van der Waals surface area contributed by atoms with E-state index in [-0.39, 0.29) is 36.6 Å². The maximum absolute atomic E-state index is 15.7. The summed E-state index contributed by atoms with van der Waals surface area (Å²) < 4.78 is 42.2. The molecule has 1 fully saturated rings. The number of esters is 1. The van der Waals surface area contributed by atoms with Crippen LogP contribution in [0.25, 0.3) is 0 Å². The van der Waals surface area contributed by atoms with Crippen LogP contribution in [0.1, 0.15) is 33.9 Å². The average molecular weight is 612 g/mol. The summed E-state index contributed by atoms with van der Waals surface area (Å²) in [4.78, 5) is 54.4. The van der Waals surface area contributed by atoms with Crippen molar-refractivity contribution in [3.05, 3.63) is 47.0 Å². The van der Waals surface area contributed by atoms with Crippen LogP contribution in [0.5, 0.6) is 11.5 Å². The number of nitrogens with one attached hydrogen (secondary N) is 1. The molecule has 1 aliphatic heterocycles. The summed E-state index contributed by atoms with van der Waals surface area (Å²) >= 11 is 0. The molecule has 3 rings (SSSR count). The minimum Gasteiger partial charge on any atom is -0.575 e. The number of aromatic nitrogens is 2. The summed E-state index contributed by atoms with van der Waals surface area (Å²) in [6.07, 6.45) is -3.65. The lowest BCUT2D eigenvalue weighted by Gasteiger charge is -2.24. The first-order valence-corrected chi connectivity index (χ1v) is 14.2. The Morgan fingerprint density at radius 1 is 1.29 bits per heavy atom. The van der Waals surface area contributed by atoms with E-state index in [4.69, 9.17) is 18.7 Å². The van der Waals surface area contributed by atoms with E-state index in [1.807, 2.05) is 0 Å². The molecule has 16 heteroatoms. The minimum absolute atomic E-state index is 0.0185. The molecule has 0 spiro atoms. The Hall–Kier alpha value is -3.49. The van der Waals surface area contributed by atoms with Crippen LogP contribution in [0.4, 0.5) is 10.2 Å². The van der Waals surface area contributed by atoms with Gasteiger partial charge in [0.25, 0.3) is 0 Å². The number of aliphatic hydroxyl groups excluding tert-OH is 1. The van der Waals surface area contributed by atoms with Gasteiger partial charge in [0.2, 0.25) is 11.7 Å². The molecule has 1 amide bonds. The smallest absolute Gasteiger partial charge is 0.395 e. The van der Waals surface area contributed by atoms with Gasteiger partial charge in [0.1, 0.15) is 24.6 Å². The van der Waals surface area contributed by atoms with E-state index in [2.05, 4.69) is 15.0 Å². The summed E-state index contributed by atoms with van der Waals surface area (Å²) in [6.45, 7) is 5.54. The maximum atomic E-state index is 15.7. The van der Waals surface area contributed by atoms with Gasteiger partial charge in [0.05, 0.1) is 12.6 Å². The van der Waals surface area contributed by atoms with Crippen molar-refractivity contribution in [2.24, 2.45) is 4.74 Å². The molecule has 1 aromatic carbocycles. The molecule has 1 unspecified atom stereocenters. The van der Waals surface area contributed by atoms with Crippen molar-refractivity contribution >= 4 is 25.9 Å². The predicted octanol–water partition coefficient (Wildman–Crippen LogP) is 1.38. The first-order chi connectivity index (χ1) is 19.7. The van der Waals surface area contributed by atoms with Gasteiger partial charge in [-0.15, -0.1) is 0 Å². The number of rotatable bonds is 12. The molecule has 6 atom stereocenters.